The first-order chi connectivity index (χ1) is 11.2. The maximum Gasteiger partial charge on any atom is 0.433 e. The molecule has 2 rings (SSSR count). The number of pyridine rings is 1. The number of hydrogen-bond donors (Lipinski definition) is 1. The van der Waals surface area contributed by atoms with Gasteiger partial charge in [-0.2, -0.15) is 13.2 Å². The van der Waals surface area contributed by atoms with Gasteiger partial charge in [-0.25, -0.2) is 9.38 Å². The molecule has 0 saturated heterocycles. The molecule has 0 spiro atoms. The summed E-state index contributed by atoms with van der Waals surface area (Å²) in [5, 5.41) is 0. The summed E-state index contributed by atoms with van der Waals surface area (Å²) in [6.45, 7) is 1.38. The van der Waals surface area contributed by atoms with Crippen LogP contribution in [-0.2, 0) is 11.2 Å². The zero-order valence-electron chi connectivity index (χ0n) is 12.5. The topological polar surface area (TPSA) is 74.3 Å². The summed E-state index contributed by atoms with van der Waals surface area (Å²) >= 11 is -2.36. The summed E-state index contributed by atoms with van der Waals surface area (Å²) in [7, 11) is 0. The van der Waals surface area contributed by atoms with Gasteiger partial charge >= 0.3 is 6.18 Å². The van der Waals surface area contributed by atoms with Crippen LogP contribution in [0.5, 0.6) is 0 Å². The molecular formula is C15H13F4N3OS. The van der Waals surface area contributed by atoms with Crippen LogP contribution in [0.25, 0.3) is 0 Å². The molecule has 0 bridgehead atoms. The van der Waals surface area contributed by atoms with Crippen LogP contribution in [0.15, 0.2) is 46.4 Å². The molecule has 24 heavy (non-hydrogen) atoms. The molecule has 1 aromatic heterocycles. The van der Waals surface area contributed by atoms with Gasteiger partial charge in [0, 0.05) is 17.8 Å². The van der Waals surface area contributed by atoms with Crippen molar-refractivity contribution in [3.63, 3.8) is 0 Å². The van der Waals surface area contributed by atoms with Crippen LogP contribution in [0.4, 0.5) is 23.2 Å². The van der Waals surface area contributed by atoms with Gasteiger partial charge in [0.25, 0.3) is 0 Å². The van der Waals surface area contributed by atoms with Gasteiger partial charge in [-0.15, -0.1) is 0 Å². The lowest BCUT2D eigenvalue weighted by Crippen LogP contribution is -2.23. The molecule has 0 amide bonds. The number of hydrogen-bond acceptors (Lipinski definition) is 3. The normalized spacial score (nSPS) is 13.8. The van der Waals surface area contributed by atoms with Crippen LogP contribution in [0, 0.1) is 12.7 Å². The third-order valence-electron chi connectivity index (χ3n) is 2.95. The fourth-order valence-corrected chi connectivity index (χ4v) is 3.01. The second kappa shape index (κ2) is 7.18. The van der Waals surface area contributed by atoms with Gasteiger partial charge in [0.2, 0.25) is 5.75 Å². The summed E-state index contributed by atoms with van der Waals surface area (Å²) in [5.41, 5.74) is 5.86. The Bertz CT molecular complexity index is 750. The highest BCUT2D eigenvalue weighted by atomic mass is 32.2. The molecule has 1 unspecified atom stereocenters. The average Bonchev–Trinajstić information content (AvgIpc) is 2.49. The number of nitrogens with zero attached hydrogens (tertiary/aromatic N) is 2. The molecule has 0 fully saturated rings. The number of nitrogens with two attached hydrogens (primary N) is 1. The number of rotatable bonds is 4. The molecule has 9 heteroatoms. The van der Waals surface area contributed by atoms with E-state index in [4.69, 9.17) is 5.73 Å². The Balaban J connectivity index is 2.39. The number of aliphatic imine (C=N–C) groups is 1. The summed E-state index contributed by atoms with van der Waals surface area (Å²) in [6, 6.07) is 6.85. The zero-order chi connectivity index (χ0) is 17.9. The Morgan fingerprint density at radius 3 is 2.62 bits per heavy atom. The Morgan fingerprint density at radius 1 is 1.33 bits per heavy atom. The van der Waals surface area contributed by atoms with Crippen LogP contribution in [0.2, 0.25) is 0 Å². The van der Waals surface area contributed by atoms with Crippen LogP contribution < -0.4 is 5.73 Å². The molecule has 128 valence electrons. The Morgan fingerprint density at radius 2 is 2.04 bits per heavy atom. The first kappa shape index (κ1) is 18.2. The lowest BCUT2D eigenvalue weighted by atomic mass is 10.2. The highest BCUT2D eigenvalue weighted by Crippen LogP contribution is 2.29. The molecule has 0 radical (unpaired) electrons. The quantitative estimate of drug-likeness (QED) is 0.394. The fourth-order valence-electron chi connectivity index (χ4n) is 1.90. The second-order valence-electron chi connectivity index (χ2n) is 4.89. The Kier molecular flexibility index (Phi) is 5.45. The van der Waals surface area contributed by atoms with E-state index in [1.54, 1.807) is 18.2 Å². The molecule has 0 aliphatic carbocycles. The van der Waals surface area contributed by atoms with E-state index in [1.165, 1.54) is 13.1 Å². The number of benzene rings is 1. The van der Waals surface area contributed by atoms with Gasteiger partial charge in [0.15, 0.2) is 4.90 Å². The molecule has 1 aromatic carbocycles. The molecule has 1 heterocycles. The summed E-state index contributed by atoms with van der Waals surface area (Å²) < 4.78 is 63.1. The SMILES string of the molecule is Cc1cc(F)c(/N=C(\N)c2ccccn2)cc1[S+]([O-])CC(F)(F)F. The van der Waals surface area contributed by atoms with Crippen molar-refractivity contribution in [3.8, 4) is 0 Å². The van der Waals surface area contributed by atoms with Crippen molar-refractivity contribution in [2.45, 2.75) is 18.0 Å². The van der Waals surface area contributed by atoms with Crippen molar-refractivity contribution in [2.24, 2.45) is 10.7 Å². The van der Waals surface area contributed by atoms with E-state index in [2.05, 4.69) is 9.98 Å². The number of amidine groups is 1. The van der Waals surface area contributed by atoms with E-state index in [-0.39, 0.29) is 27.7 Å². The van der Waals surface area contributed by atoms with Crippen LogP contribution in [-0.4, -0.2) is 27.3 Å². The number of alkyl halides is 3. The number of aromatic nitrogens is 1. The van der Waals surface area contributed by atoms with Gasteiger partial charge < -0.3 is 10.3 Å². The third kappa shape index (κ3) is 4.68. The fraction of sp³-hybridized carbons (Fsp3) is 0.200. The molecular weight excluding hydrogens is 346 g/mol. The Hall–Kier alpha value is -2.13. The first-order valence-electron chi connectivity index (χ1n) is 6.68. The minimum Gasteiger partial charge on any atom is -0.611 e. The smallest absolute Gasteiger partial charge is 0.433 e. The van der Waals surface area contributed by atoms with Crippen molar-refractivity contribution in [1.29, 1.82) is 0 Å². The molecule has 1 atom stereocenters. The van der Waals surface area contributed by atoms with Gasteiger partial charge in [-0.3, -0.25) is 4.98 Å². The summed E-state index contributed by atoms with van der Waals surface area (Å²) in [6.07, 6.45) is -3.13. The second-order valence-corrected chi connectivity index (χ2v) is 6.31. The largest absolute Gasteiger partial charge is 0.611 e. The molecule has 2 N–H and O–H groups in total. The van der Waals surface area contributed by atoms with E-state index in [9.17, 15) is 22.1 Å². The number of halogens is 4. The van der Waals surface area contributed by atoms with Crippen molar-refractivity contribution >= 4 is 22.7 Å². The van der Waals surface area contributed by atoms with Crippen LogP contribution >= 0.6 is 0 Å². The summed E-state index contributed by atoms with van der Waals surface area (Å²) in [5.74, 6) is -2.40. The van der Waals surface area contributed by atoms with E-state index in [0.717, 1.165) is 12.1 Å². The predicted molar refractivity (Wildman–Crippen MR) is 83.1 cm³/mol. The predicted octanol–water partition coefficient (Wildman–Crippen LogP) is 3.24. The highest BCUT2D eigenvalue weighted by Gasteiger charge is 2.36. The van der Waals surface area contributed by atoms with Gasteiger partial charge in [-0.05, 0) is 36.3 Å². The first-order valence-corrected chi connectivity index (χ1v) is 8.00. The van der Waals surface area contributed by atoms with E-state index < -0.39 is 28.9 Å². The van der Waals surface area contributed by atoms with Crippen molar-refractivity contribution < 1.29 is 22.1 Å². The third-order valence-corrected chi connectivity index (χ3v) is 4.47. The zero-order valence-corrected chi connectivity index (χ0v) is 13.3. The highest BCUT2D eigenvalue weighted by molar-refractivity contribution is 7.91. The van der Waals surface area contributed by atoms with Gasteiger partial charge in [0.05, 0.1) is 0 Å². The molecule has 0 aliphatic rings. The maximum atomic E-state index is 14.0. The lowest BCUT2D eigenvalue weighted by Gasteiger charge is -2.15. The van der Waals surface area contributed by atoms with Crippen molar-refractivity contribution in [2.75, 3.05) is 5.75 Å². The van der Waals surface area contributed by atoms with Crippen LogP contribution in [0.1, 0.15) is 11.3 Å². The van der Waals surface area contributed by atoms with E-state index >= 15 is 0 Å². The van der Waals surface area contributed by atoms with Crippen LogP contribution in [0.3, 0.4) is 0 Å². The average molecular weight is 359 g/mol. The molecule has 2 aromatic rings. The van der Waals surface area contributed by atoms with Crippen molar-refractivity contribution in [3.05, 3.63) is 53.6 Å². The molecule has 0 saturated carbocycles. The molecule has 0 aliphatic heterocycles. The standard InChI is InChI=1S/C15H13F4N3OS/c1-9-6-10(16)12(7-13(9)24(23)8-15(17,18)19)22-14(20)11-4-2-3-5-21-11/h2-7H,8H2,1H3,(H2,20,22). The maximum absolute atomic E-state index is 14.0. The van der Waals surface area contributed by atoms with Gasteiger partial charge in [-0.1, -0.05) is 6.07 Å². The monoisotopic (exact) mass is 359 g/mol. The van der Waals surface area contributed by atoms with Gasteiger partial charge in [0.1, 0.15) is 23.0 Å². The lowest BCUT2D eigenvalue weighted by molar-refractivity contribution is -0.106. The number of aryl methyl sites for hydroxylation is 1. The van der Waals surface area contributed by atoms with E-state index in [1.807, 2.05) is 0 Å². The Labute approximate surface area is 138 Å². The minimum atomic E-state index is -4.60. The molecule has 4 nitrogen and oxygen atoms in total. The van der Waals surface area contributed by atoms with Crippen molar-refractivity contribution in [1.82, 2.24) is 4.98 Å². The summed E-state index contributed by atoms with van der Waals surface area (Å²) in [4.78, 5) is 7.65. The van der Waals surface area contributed by atoms with E-state index in [0.29, 0.717) is 0 Å². The minimum absolute atomic E-state index is 0.106.